The molecule has 2 unspecified atom stereocenters. The number of primary amides is 1. The fourth-order valence-corrected chi connectivity index (χ4v) is 2.49. The number of rotatable bonds is 2. The van der Waals surface area contributed by atoms with E-state index in [9.17, 15) is 4.79 Å². The maximum atomic E-state index is 11.4. The predicted molar refractivity (Wildman–Crippen MR) is 54.1 cm³/mol. The van der Waals surface area contributed by atoms with Crippen LogP contribution in [0.2, 0.25) is 0 Å². The van der Waals surface area contributed by atoms with Crippen LogP contribution in [-0.4, -0.2) is 5.91 Å². The highest BCUT2D eigenvalue weighted by atomic mass is 16.1. The third-order valence-corrected chi connectivity index (χ3v) is 3.16. The van der Waals surface area contributed by atoms with E-state index in [-0.39, 0.29) is 11.3 Å². The van der Waals surface area contributed by atoms with Crippen molar-refractivity contribution in [3.8, 4) is 0 Å². The summed E-state index contributed by atoms with van der Waals surface area (Å²) in [6.45, 7) is 8.18. The second-order valence-electron chi connectivity index (χ2n) is 4.44. The van der Waals surface area contributed by atoms with Crippen molar-refractivity contribution in [1.82, 2.24) is 0 Å². The Kier molecular flexibility index (Phi) is 2.79. The molecular formula is C11H19NO. The summed E-state index contributed by atoms with van der Waals surface area (Å²) in [5, 5.41) is 0. The Morgan fingerprint density at radius 3 is 2.77 bits per heavy atom. The minimum atomic E-state index is -0.297. The highest BCUT2D eigenvalue weighted by molar-refractivity contribution is 5.81. The standard InChI is InChI=1S/C11H19NO/c1-4-11(10(12)13)6-8(2)5-9(3)7-11/h9H,2,4-7H2,1,3H3,(H2,12,13). The topological polar surface area (TPSA) is 43.1 Å². The van der Waals surface area contributed by atoms with E-state index < -0.39 is 0 Å². The Bertz CT molecular complexity index is 234. The lowest BCUT2D eigenvalue weighted by atomic mass is 9.66. The fourth-order valence-electron chi connectivity index (χ4n) is 2.49. The maximum Gasteiger partial charge on any atom is 0.223 e. The zero-order valence-electron chi connectivity index (χ0n) is 8.60. The molecule has 0 saturated heterocycles. The van der Waals surface area contributed by atoms with E-state index in [2.05, 4.69) is 13.5 Å². The molecule has 1 saturated carbocycles. The lowest BCUT2D eigenvalue weighted by molar-refractivity contribution is -0.129. The van der Waals surface area contributed by atoms with Crippen LogP contribution in [0.5, 0.6) is 0 Å². The lowest BCUT2D eigenvalue weighted by Gasteiger charge is -2.37. The summed E-state index contributed by atoms with van der Waals surface area (Å²) in [5.74, 6) is 0.399. The van der Waals surface area contributed by atoms with Crippen LogP contribution in [0, 0.1) is 11.3 Å². The molecule has 1 aliphatic rings. The molecule has 13 heavy (non-hydrogen) atoms. The van der Waals surface area contributed by atoms with Gasteiger partial charge in [-0.05, 0) is 31.6 Å². The second-order valence-corrected chi connectivity index (χ2v) is 4.44. The molecule has 0 aromatic heterocycles. The van der Waals surface area contributed by atoms with Gasteiger partial charge in [0.15, 0.2) is 0 Å². The summed E-state index contributed by atoms with van der Waals surface area (Å²) >= 11 is 0. The molecule has 0 heterocycles. The van der Waals surface area contributed by atoms with Gasteiger partial charge in [-0.1, -0.05) is 26.0 Å². The molecule has 0 bridgehead atoms. The molecule has 1 rings (SSSR count). The molecular weight excluding hydrogens is 162 g/mol. The monoisotopic (exact) mass is 181 g/mol. The number of hydrogen-bond donors (Lipinski definition) is 1. The highest BCUT2D eigenvalue weighted by Crippen LogP contribution is 2.43. The molecule has 1 amide bonds. The lowest BCUT2D eigenvalue weighted by Crippen LogP contribution is -2.40. The van der Waals surface area contributed by atoms with Gasteiger partial charge in [0.25, 0.3) is 0 Å². The van der Waals surface area contributed by atoms with Gasteiger partial charge in [-0.3, -0.25) is 4.79 Å². The molecule has 1 fully saturated rings. The summed E-state index contributed by atoms with van der Waals surface area (Å²) in [6.07, 6.45) is 3.61. The fraction of sp³-hybridized carbons (Fsp3) is 0.727. The Labute approximate surface area is 80.2 Å². The summed E-state index contributed by atoms with van der Waals surface area (Å²) in [6, 6.07) is 0. The highest BCUT2D eigenvalue weighted by Gasteiger charge is 2.39. The van der Waals surface area contributed by atoms with Gasteiger partial charge in [0.2, 0.25) is 5.91 Å². The Balaban J connectivity index is 2.86. The zero-order chi connectivity index (χ0) is 10.1. The first-order valence-corrected chi connectivity index (χ1v) is 4.97. The van der Waals surface area contributed by atoms with E-state index in [4.69, 9.17) is 5.73 Å². The summed E-state index contributed by atoms with van der Waals surface area (Å²) in [4.78, 5) is 11.4. The number of carbonyl (C=O) groups excluding carboxylic acids is 1. The predicted octanol–water partition coefficient (Wildman–Crippen LogP) is 2.24. The second kappa shape index (κ2) is 3.52. The van der Waals surface area contributed by atoms with Crippen molar-refractivity contribution in [1.29, 1.82) is 0 Å². The van der Waals surface area contributed by atoms with Crippen LogP contribution in [0.25, 0.3) is 0 Å². The molecule has 0 aliphatic heterocycles. The number of amides is 1. The van der Waals surface area contributed by atoms with Gasteiger partial charge >= 0.3 is 0 Å². The van der Waals surface area contributed by atoms with Crippen molar-refractivity contribution < 1.29 is 4.79 Å². The van der Waals surface area contributed by atoms with Crippen LogP contribution in [0.1, 0.15) is 39.5 Å². The molecule has 0 aromatic rings. The van der Waals surface area contributed by atoms with Gasteiger partial charge in [0.05, 0.1) is 5.41 Å². The third-order valence-electron chi connectivity index (χ3n) is 3.16. The zero-order valence-corrected chi connectivity index (χ0v) is 8.60. The van der Waals surface area contributed by atoms with E-state index in [1.165, 1.54) is 5.57 Å². The average Bonchev–Trinajstić information content (AvgIpc) is 2.02. The molecule has 2 N–H and O–H groups in total. The number of allylic oxidation sites excluding steroid dienone is 1. The van der Waals surface area contributed by atoms with Crippen LogP contribution >= 0.6 is 0 Å². The largest absolute Gasteiger partial charge is 0.369 e. The molecule has 0 radical (unpaired) electrons. The molecule has 0 aromatic carbocycles. The molecule has 0 spiro atoms. The van der Waals surface area contributed by atoms with Crippen LogP contribution < -0.4 is 5.73 Å². The first-order valence-electron chi connectivity index (χ1n) is 4.97. The van der Waals surface area contributed by atoms with E-state index in [0.717, 1.165) is 25.7 Å². The van der Waals surface area contributed by atoms with Crippen LogP contribution in [0.3, 0.4) is 0 Å². The van der Waals surface area contributed by atoms with Crippen molar-refractivity contribution in [3.05, 3.63) is 12.2 Å². The number of nitrogens with two attached hydrogens (primary N) is 1. The Morgan fingerprint density at radius 1 is 1.77 bits per heavy atom. The van der Waals surface area contributed by atoms with Gasteiger partial charge < -0.3 is 5.73 Å². The van der Waals surface area contributed by atoms with Gasteiger partial charge in [0.1, 0.15) is 0 Å². The molecule has 2 atom stereocenters. The van der Waals surface area contributed by atoms with Crippen molar-refractivity contribution in [3.63, 3.8) is 0 Å². The van der Waals surface area contributed by atoms with Gasteiger partial charge in [0, 0.05) is 0 Å². The molecule has 2 nitrogen and oxygen atoms in total. The van der Waals surface area contributed by atoms with Crippen LogP contribution in [-0.2, 0) is 4.79 Å². The normalized spacial score (nSPS) is 34.6. The van der Waals surface area contributed by atoms with Crippen molar-refractivity contribution in [2.24, 2.45) is 17.1 Å². The van der Waals surface area contributed by atoms with E-state index in [0.29, 0.717) is 5.92 Å². The maximum absolute atomic E-state index is 11.4. The first-order chi connectivity index (χ1) is 6.00. The minimum Gasteiger partial charge on any atom is -0.369 e. The molecule has 1 aliphatic carbocycles. The van der Waals surface area contributed by atoms with Gasteiger partial charge in [-0.15, -0.1) is 0 Å². The van der Waals surface area contributed by atoms with Crippen LogP contribution in [0.15, 0.2) is 12.2 Å². The average molecular weight is 181 g/mol. The Morgan fingerprint density at radius 2 is 2.38 bits per heavy atom. The molecule has 74 valence electrons. The quantitative estimate of drug-likeness (QED) is 0.652. The summed E-state index contributed by atoms with van der Waals surface area (Å²) in [7, 11) is 0. The van der Waals surface area contributed by atoms with Gasteiger partial charge in [-0.2, -0.15) is 0 Å². The van der Waals surface area contributed by atoms with Crippen molar-refractivity contribution in [2.45, 2.75) is 39.5 Å². The third kappa shape index (κ3) is 1.93. The van der Waals surface area contributed by atoms with E-state index in [1.807, 2.05) is 6.92 Å². The van der Waals surface area contributed by atoms with Crippen molar-refractivity contribution in [2.75, 3.05) is 0 Å². The molecule has 2 heteroatoms. The van der Waals surface area contributed by atoms with E-state index in [1.54, 1.807) is 0 Å². The van der Waals surface area contributed by atoms with Gasteiger partial charge in [-0.25, -0.2) is 0 Å². The van der Waals surface area contributed by atoms with Crippen LogP contribution in [0.4, 0.5) is 0 Å². The first kappa shape index (κ1) is 10.3. The van der Waals surface area contributed by atoms with E-state index >= 15 is 0 Å². The number of hydrogen-bond acceptors (Lipinski definition) is 1. The summed E-state index contributed by atoms with van der Waals surface area (Å²) in [5.41, 5.74) is 6.34. The SMILES string of the molecule is C=C1CC(C)CC(CC)(C(N)=O)C1. The number of carbonyl (C=O) groups is 1. The van der Waals surface area contributed by atoms with Crippen molar-refractivity contribution >= 4 is 5.91 Å². The smallest absolute Gasteiger partial charge is 0.223 e. The Hall–Kier alpha value is -0.790. The minimum absolute atomic E-state index is 0.150. The summed E-state index contributed by atoms with van der Waals surface area (Å²) < 4.78 is 0.